The molecule has 0 aliphatic carbocycles. The fourth-order valence-corrected chi connectivity index (χ4v) is 3.52. The molecule has 0 aliphatic heterocycles. The van der Waals surface area contributed by atoms with Gasteiger partial charge in [-0.1, -0.05) is 23.2 Å². The third-order valence-electron chi connectivity index (χ3n) is 3.64. The first-order valence-corrected chi connectivity index (χ1v) is 10.5. The summed E-state index contributed by atoms with van der Waals surface area (Å²) in [6.45, 7) is -1.47. The van der Waals surface area contributed by atoms with Crippen molar-refractivity contribution in [2.75, 3.05) is 25.6 Å². The zero-order chi connectivity index (χ0) is 23.2. The summed E-state index contributed by atoms with van der Waals surface area (Å²) in [6.07, 6.45) is 0. The summed E-state index contributed by atoms with van der Waals surface area (Å²) < 4.78 is 36.0. The number of nitrogens with one attached hydrogen (secondary N) is 2. The van der Waals surface area contributed by atoms with Crippen molar-refractivity contribution < 1.29 is 32.4 Å². The summed E-state index contributed by atoms with van der Waals surface area (Å²) in [7, 11) is -2.81. The van der Waals surface area contributed by atoms with Crippen LogP contribution in [0, 0.1) is 10.1 Å². The Balaban J connectivity index is 1.89. The third-order valence-corrected chi connectivity index (χ3v) is 5.78. The lowest BCUT2D eigenvalue weighted by molar-refractivity contribution is -0.384. The van der Waals surface area contributed by atoms with Crippen LogP contribution in [0.15, 0.2) is 41.3 Å². The molecule has 0 heterocycles. The van der Waals surface area contributed by atoms with Gasteiger partial charge in [-0.2, -0.15) is 4.72 Å². The number of hydrogen-bond donors (Lipinski definition) is 2. The number of benzene rings is 2. The number of amides is 1. The van der Waals surface area contributed by atoms with E-state index in [1.165, 1.54) is 25.3 Å². The maximum absolute atomic E-state index is 12.2. The van der Waals surface area contributed by atoms with Crippen LogP contribution in [0.25, 0.3) is 0 Å². The Labute approximate surface area is 186 Å². The van der Waals surface area contributed by atoms with Crippen LogP contribution >= 0.6 is 23.2 Å². The third kappa shape index (κ3) is 6.79. The van der Waals surface area contributed by atoms with Gasteiger partial charge in [0.25, 0.3) is 11.6 Å². The van der Waals surface area contributed by atoms with Gasteiger partial charge in [-0.05, 0) is 24.3 Å². The van der Waals surface area contributed by atoms with Crippen molar-refractivity contribution in [1.29, 1.82) is 0 Å². The lowest BCUT2D eigenvalue weighted by Crippen LogP contribution is -2.32. The zero-order valence-corrected chi connectivity index (χ0v) is 18.1. The molecule has 11 nitrogen and oxygen atoms in total. The van der Waals surface area contributed by atoms with E-state index in [0.717, 1.165) is 18.2 Å². The molecular formula is C17H15Cl2N3O8S. The van der Waals surface area contributed by atoms with E-state index >= 15 is 0 Å². The van der Waals surface area contributed by atoms with Crippen molar-refractivity contribution >= 4 is 56.5 Å². The average Bonchev–Trinajstić information content (AvgIpc) is 2.72. The largest absolute Gasteiger partial charge is 0.494 e. The number of methoxy groups -OCH3 is 1. The van der Waals surface area contributed by atoms with Crippen LogP contribution < -0.4 is 14.8 Å². The normalized spacial score (nSPS) is 10.9. The second-order valence-corrected chi connectivity index (χ2v) is 8.33. The molecule has 0 saturated carbocycles. The van der Waals surface area contributed by atoms with E-state index in [9.17, 15) is 28.1 Å². The summed E-state index contributed by atoms with van der Waals surface area (Å²) in [5.41, 5.74) is -0.120. The van der Waals surface area contributed by atoms with E-state index in [2.05, 4.69) is 5.32 Å². The van der Waals surface area contributed by atoms with E-state index in [0.29, 0.717) is 0 Å². The van der Waals surface area contributed by atoms with Gasteiger partial charge in [0, 0.05) is 6.07 Å². The Morgan fingerprint density at radius 2 is 1.84 bits per heavy atom. The number of esters is 1. The van der Waals surface area contributed by atoms with Gasteiger partial charge in [-0.15, -0.1) is 0 Å². The standard InChI is InChI=1S/C17H15Cl2N3O8S/c1-29-15-6-10(22(25)26)2-5-14(15)21-16(23)9-30-17(24)8-20-31(27,28)11-3-4-12(18)13(19)7-11/h2-7,20H,8-9H2,1H3,(H,21,23). The van der Waals surface area contributed by atoms with Crippen molar-refractivity contribution in [2.24, 2.45) is 0 Å². The molecule has 0 bridgehead atoms. The molecule has 2 aromatic carbocycles. The van der Waals surface area contributed by atoms with Crippen LogP contribution in [-0.4, -0.2) is 45.5 Å². The van der Waals surface area contributed by atoms with Gasteiger partial charge in [-0.3, -0.25) is 19.7 Å². The van der Waals surface area contributed by atoms with Gasteiger partial charge in [0.15, 0.2) is 6.61 Å². The minimum absolute atomic E-state index is 0.0189. The minimum Gasteiger partial charge on any atom is -0.494 e. The molecule has 31 heavy (non-hydrogen) atoms. The minimum atomic E-state index is -4.07. The summed E-state index contributed by atoms with van der Waals surface area (Å²) >= 11 is 11.5. The lowest BCUT2D eigenvalue weighted by atomic mass is 10.2. The Morgan fingerprint density at radius 3 is 2.45 bits per heavy atom. The summed E-state index contributed by atoms with van der Waals surface area (Å²) in [5.74, 6) is -1.76. The molecule has 0 saturated heterocycles. The first-order chi connectivity index (χ1) is 14.5. The van der Waals surface area contributed by atoms with Crippen molar-refractivity contribution in [1.82, 2.24) is 4.72 Å². The molecule has 0 atom stereocenters. The van der Waals surface area contributed by atoms with Gasteiger partial charge in [-0.25, -0.2) is 8.42 Å². The van der Waals surface area contributed by atoms with Gasteiger partial charge >= 0.3 is 5.97 Å². The first kappa shape index (κ1) is 24.3. The molecule has 2 N–H and O–H groups in total. The smallest absolute Gasteiger partial charge is 0.321 e. The Morgan fingerprint density at radius 1 is 1.13 bits per heavy atom. The topological polar surface area (TPSA) is 154 Å². The SMILES string of the molecule is COc1cc([N+](=O)[O-])ccc1NC(=O)COC(=O)CNS(=O)(=O)c1ccc(Cl)c(Cl)c1. The van der Waals surface area contributed by atoms with E-state index in [-0.39, 0.29) is 32.1 Å². The van der Waals surface area contributed by atoms with Crippen molar-refractivity contribution in [3.8, 4) is 5.75 Å². The first-order valence-electron chi connectivity index (χ1n) is 8.26. The number of nitro groups is 1. The van der Waals surface area contributed by atoms with Crippen molar-refractivity contribution in [2.45, 2.75) is 4.90 Å². The average molecular weight is 492 g/mol. The second-order valence-electron chi connectivity index (χ2n) is 5.75. The van der Waals surface area contributed by atoms with Crippen LogP contribution in [0.5, 0.6) is 5.75 Å². The maximum Gasteiger partial charge on any atom is 0.321 e. The van der Waals surface area contributed by atoms with E-state index in [1.54, 1.807) is 0 Å². The number of nitro benzene ring substituents is 1. The van der Waals surface area contributed by atoms with Crippen molar-refractivity contribution in [3.05, 3.63) is 56.6 Å². The number of carbonyl (C=O) groups is 2. The maximum atomic E-state index is 12.2. The molecule has 0 aromatic heterocycles. The number of sulfonamides is 1. The van der Waals surface area contributed by atoms with Crippen LogP contribution in [0.3, 0.4) is 0 Å². The van der Waals surface area contributed by atoms with Crippen LogP contribution in [0.2, 0.25) is 10.0 Å². The van der Waals surface area contributed by atoms with Crippen LogP contribution in [0.1, 0.15) is 0 Å². The molecule has 0 unspecified atom stereocenters. The van der Waals surface area contributed by atoms with E-state index in [1.807, 2.05) is 4.72 Å². The molecule has 0 aliphatic rings. The summed E-state index contributed by atoms with van der Waals surface area (Å²) in [5, 5.41) is 13.3. The highest BCUT2D eigenvalue weighted by atomic mass is 35.5. The van der Waals surface area contributed by atoms with Crippen LogP contribution in [0.4, 0.5) is 11.4 Å². The molecule has 1 amide bonds. The van der Waals surface area contributed by atoms with E-state index < -0.39 is 40.0 Å². The summed E-state index contributed by atoms with van der Waals surface area (Å²) in [4.78, 5) is 33.7. The number of halogens is 2. The molecule has 14 heteroatoms. The van der Waals surface area contributed by atoms with Gasteiger partial charge in [0.05, 0.1) is 38.7 Å². The monoisotopic (exact) mass is 491 g/mol. The lowest BCUT2D eigenvalue weighted by Gasteiger charge is -2.11. The van der Waals surface area contributed by atoms with Gasteiger partial charge < -0.3 is 14.8 Å². The van der Waals surface area contributed by atoms with E-state index in [4.69, 9.17) is 32.7 Å². The predicted octanol–water partition coefficient (Wildman–Crippen LogP) is 2.37. The Hall–Kier alpha value is -2.93. The number of hydrogen-bond acceptors (Lipinski definition) is 8. The molecule has 2 aromatic rings. The molecule has 0 radical (unpaired) electrons. The predicted molar refractivity (Wildman–Crippen MR) is 111 cm³/mol. The zero-order valence-electron chi connectivity index (χ0n) is 15.8. The van der Waals surface area contributed by atoms with Crippen molar-refractivity contribution in [3.63, 3.8) is 0 Å². The van der Waals surface area contributed by atoms with Gasteiger partial charge in [0.1, 0.15) is 12.3 Å². The fourth-order valence-electron chi connectivity index (χ4n) is 2.16. The quantitative estimate of drug-likeness (QED) is 0.307. The Kier molecular flexibility index (Phi) is 8.16. The number of rotatable bonds is 9. The number of nitrogens with zero attached hydrogens (tertiary/aromatic N) is 1. The Bertz CT molecular complexity index is 1120. The highest BCUT2D eigenvalue weighted by molar-refractivity contribution is 7.89. The molecule has 0 fully saturated rings. The van der Waals surface area contributed by atoms with Gasteiger partial charge in [0.2, 0.25) is 10.0 Å². The highest BCUT2D eigenvalue weighted by Crippen LogP contribution is 2.29. The molecular weight excluding hydrogens is 477 g/mol. The number of carbonyl (C=O) groups excluding carboxylic acids is 2. The number of non-ortho nitro benzene ring substituents is 1. The second kappa shape index (κ2) is 10.4. The summed E-state index contributed by atoms with van der Waals surface area (Å²) in [6, 6.07) is 7.12. The molecule has 0 spiro atoms. The number of anilines is 1. The molecule has 2 rings (SSSR count). The highest BCUT2D eigenvalue weighted by Gasteiger charge is 2.18. The van der Waals surface area contributed by atoms with Crippen LogP contribution in [-0.2, 0) is 24.3 Å². The fraction of sp³-hybridized carbons (Fsp3) is 0.176. The molecule has 166 valence electrons. The number of ether oxygens (including phenoxy) is 2.